The molecule has 0 aliphatic heterocycles. The lowest BCUT2D eigenvalue weighted by Gasteiger charge is -2.17. The zero-order chi connectivity index (χ0) is 13.8. The third kappa shape index (κ3) is 3.14. The van der Waals surface area contributed by atoms with Crippen molar-refractivity contribution in [3.05, 3.63) is 35.9 Å². The van der Waals surface area contributed by atoms with Gasteiger partial charge in [0.25, 0.3) is 0 Å². The second-order valence-corrected chi connectivity index (χ2v) is 4.79. The zero-order valence-electron chi connectivity index (χ0n) is 11.8. The minimum Gasteiger partial charge on any atom is -0.311 e. The fourth-order valence-corrected chi connectivity index (χ4v) is 2.06. The number of rotatable bonds is 5. The molecule has 0 amide bonds. The predicted octanol–water partition coefficient (Wildman–Crippen LogP) is 1.46. The molecule has 0 saturated heterocycles. The number of nitrogens with one attached hydrogen (secondary N) is 1. The summed E-state index contributed by atoms with van der Waals surface area (Å²) in [5.74, 6) is 1.74. The maximum absolute atomic E-state index is 4.47. The van der Waals surface area contributed by atoms with E-state index in [2.05, 4.69) is 39.2 Å². The molecule has 0 fully saturated rings. The second-order valence-electron chi connectivity index (χ2n) is 4.79. The normalized spacial score (nSPS) is 12.9. The summed E-state index contributed by atoms with van der Waals surface area (Å²) in [6.45, 7) is 6.09. The van der Waals surface area contributed by atoms with E-state index in [0.29, 0.717) is 6.04 Å². The average molecular weight is 260 g/mol. The van der Waals surface area contributed by atoms with Crippen molar-refractivity contribution in [2.24, 2.45) is 0 Å². The van der Waals surface area contributed by atoms with Gasteiger partial charge in [-0.2, -0.15) is 5.10 Å². The Balaban J connectivity index is 2.22. The smallest absolute Gasteiger partial charge is 0.138 e. The number of hydrogen-bond donors (Lipinski definition) is 1. The first kappa shape index (κ1) is 13.6. The van der Waals surface area contributed by atoms with E-state index in [1.165, 1.54) is 0 Å². The largest absolute Gasteiger partial charge is 0.311 e. The molecule has 1 atom stereocenters. The minimum absolute atomic E-state index is 0.114. The molecule has 0 saturated carbocycles. The van der Waals surface area contributed by atoms with Crippen LogP contribution in [0.3, 0.4) is 0 Å². The van der Waals surface area contributed by atoms with Crippen molar-refractivity contribution in [2.45, 2.75) is 39.3 Å². The Morgan fingerprint density at radius 1 is 1.32 bits per heavy atom. The van der Waals surface area contributed by atoms with E-state index in [-0.39, 0.29) is 6.04 Å². The lowest BCUT2D eigenvalue weighted by atomic mass is 10.1. The van der Waals surface area contributed by atoms with Crippen LogP contribution in [0.15, 0.2) is 18.6 Å². The van der Waals surface area contributed by atoms with Crippen molar-refractivity contribution >= 4 is 0 Å². The molecule has 102 valence electrons. The summed E-state index contributed by atoms with van der Waals surface area (Å²) < 4.78 is 1.94. The van der Waals surface area contributed by atoms with Crippen LogP contribution in [0.5, 0.6) is 0 Å². The topological polar surface area (TPSA) is 68.5 Å². The van der Waals surface area contributed by atoms with Crippen molar-refractivity contribution in [1.82, 2.24) is 30.0 Å². The van der Waals surface area contributed by atoms with Crippen LogP contribution in [0, 0.1) is 6.92 Å². The Morgan fingerprint density at radius 3 is 2.74 bits per heavy atom. The molecule has 0 aliphatic carbocycles. The van der Waals surface area contributed by atoms with Crippen LogP contribution in [0.2, 0.25) is 0 Å². The van der Waals surface area contributed by atoms with Crippen LogP contribution in [0.1, 0.15) is 43.3 Å². The Kier molecular flexibility index (Phi) is 4.21. The van der Waals surface area contributed by atoms with E-state index in [0.717, 1.165) is 23.8 Å². The highest BCUT2D eigenvalue weighted by atomic mass is 15.3. The van der Waals surface area contributed by atoms with Crippen molar-refractivity contribution in [3.63, 3.8) is 0 Å². The molecule has 0 spiro atoms. The molecule has 6 nitrogen and oxygen atoms in total. The van der Waals surface area contributed by atoms with Gasteiger partial charge in [-0.25, -0.2) is 19.6 Å². The molecule has 2 aromatic heterocycles. The lowest BCUT2D eigenvalue weighted by Crippen LogP contribution is -2.23. The minimum atomic E-state index is 0.114. The van der Waals surface area contributed by atoms with Gasteiger partial charge in [0.15, 0.2) is 0 Å². The van der Waals surface area contributed by atoms with E-state index in [1.54, 1.807) is 12.5 Å². The molecule has 0 aliphatic rings. The monoisotopic (exact) mass is 260 g/mol. The Bertz CT molecular complexity index is 533. The summed E-state index contributed by atoms with van der Waals surface area (Å²) in [7, 11) is 1.93. The molecule has 0 radical (unpaired) electrons. The van der Waals surface area contributed by atoms with Gasteiger partial charge < -0.3 is 5.32 Å². The van der Waals surface area contributed by atoms with Gasteiger partial charge in [0.2, 0.25) is 0 Å². The molecule has 0 aromatic carbocycles. The van der Waals surface area contributed by atoms with E-state index in [1.807, 2.05) is 24.7 Å². The Labute approximate surface area is 113 Å². The number of hydrogen-bond acceptors (Lipinski definition) is 5. The first-order valence-electron chi connectivity index (χ1n) is 6.47. The highest BCUT2D eigenvalue weighted by Crippen LogP contribution is 2.16. The Morgan fingerprint density at radius 2 is 2.11 bits per heavy atom. The molecule has 2 heterocycles. The average Bonchev–Trinajstić information content (AvgIpc) is 2.84. The molecule has 1 unspecified atom stereocenters. The molecule has 0 bridgehead atoms. The molecule has 1 N–H and O–H groups in total. The standard InChI is InChI=1S/C13H20N6/c1-9(2)19-13(16-8-17-19)7-12(14-4)11-5-6-15-10(3)18-11/h5-6,8-9,12,14H,7H2,1-4H3. The van der Waals surface area contributed by atoms with Crippen molar-refractivity contribution < 1.29 is 0 Å². The van der Waals surface area contributed by atoms with E-state index in [4.69, 9.17) is 0 Å². The van der Waals surface area contributed by atoms with Gasteiger partial charge in [0.05, 0.1) is 11.7 Å². The van der Waals surface area contributed by atoms with Gasteiger partial charge in [0.1, 0.15) is 18.0 Å². The molecule has 2 rings (SSSR count). The summed E-state index contributed by atoms with van der Waals surface area (Å²) in [5.41, 5.74) is 0.980. The summed E-state index contributed by atoms with van der Waals surface area (Å²) in [4.78, 5) is 12.9. The zero-order valence-corrected chi connectivity index (χ0v) is 11.8. The first-order chi connectivity index (χ1) is 9.11. The third-order valence-corrected chi connectivity index (χ3v) is 3.03. The molecule has 19 heavy (non-hydrogen) atoms. The molecule has 2 aromatic rings. The van der Waals surface area contributed by atoms with Crippen molar-refractivity contribution in [1.29, 1.82) is 0 Å². The van der Waals surface area contributed by atoms with Crippen LogP contribution < -0.4 is 5.32 Å². The fraction of sp³-hybridized carbons (Fsp3) is 0.538. The quantitative estimate of drug-likeness (QED) is 0.881. The van der Waals surface area contributed by atoms with E-state index >= 15 is 0 Å². The van der Waals surface area contributed by atoms with Gasteiger partial charge >= 0.3 is 0 Å². The van der Waals surface area contributed by atoms with Gasteiger partial charge in [-0.15, -0.1) is 0 Å². The van der Waals surface area contributed by atoms with Gasteiger partial charge in [-0.1, -0.05) is 0 Å². The van der Waals surface area contributed by atoms with E-state index < -0.39 is 0 Å². The van der Waals surface area contributed by atoms with Crippen LogP contribution in [-0.2, 0) is 6.42 Å². The molecular weight excluding hydrogens is 240 g/mol. The Hall–Kier alpha value is -1.82. The second kappa shape index (κ2) is 5.88. The van der Waals surface area contributed by atoms with Crippen LogP contribution in [0.4, 0.5) is 0 Å². The number of aromatic nitrogens is 5. The summed E-state index contributed by atoms with van der Waals surface area (Å²) in [5, 5.41) is 7.54. The predicted molar refractivity (Wildman–Crippen MR) is 72.7 cm³/mol. The highest BCUT2D eigenvalue weighted by molar-refractivity contribution is 5.09. The number of nitrogens with zero attached hydrogens (tertiary/aromatic N) is 5. The van der Waals surface area contributed by atoms with E-state index in [9.17, 15) is 0 Å². The van der Waals surface area contributed by atoms with Crippen molar-refractivity contribution in [2.75, 3.05) is 7.05 Å². The first-order valence-corrected chi connectivity index (χ1v) is 6.47. The van der Waals surface area contributed by atoms with Crippen LogP contribution >= 0.6 is 0 Å². The fourth-order valence-electron chi connectivity index (χ4n) is 2.06. The summed E-state index contributed by atoms with van der Waals surface area (Å²) in [6, 6.07) is 2.36. The number of likely N-dealkylation sites (N-methyl/N-ethyl adjacent to an activating group) is 1. The van der Waals surface area contributed by atoms with Gasteiger partial charge in [0, 0.05) is 18.7 Å². The van der Waals surface area contributed by atoms with Gasteiger partial charge in [-0.3, -0.25) is 0 Å². The maximum Gasteiger partial charge on any atom is 0.138 e. The van der Waals surface area contributed by atoms with Crippen LogP contribution in [-0.4, -0.2) is 31.8 Å². The highest BCUT2D eigenvalue weighted by Gasteiger charge is 2.16. The number of aryl methyl sites for hydroxylation is 1. The summed E-state index contributed by atoms with van der Waals surface area (Å²) in [6.07, 6.45) is 4.15. The maximum atomic E-state index is 4.47. The molecule has 6 heteroatoms. The SMILES string of the molecule is CNC(Cc1ncnn1C(C)C)c1ccnc(C)n1. The molecular formula is C13H20N6. The van der Waals surface area contributed by atoms with Gasteiger partial charge in [-0.05, 0) is 33.9 Å². The third-order valence-electron chi connectivity index (χ3n) is 3.03. The summed E-state index contributed by atoms with van der Waals surface area (Å²) >= 11 is 0. The van der Waals surface area contributed by atoms with Crippen LogP contribution in [0.25, 0.3) is 0 Å². The lowest BCUT2D eigenvalue weighted by molar-refractivity contribution is 0.473. The van der Waals surface area contributed by atoms with Crippen molar-refractivity contribution in [3.8, 4) is 0 Å².